The van der Waals surface area contributed by atoms with Crippen molar-refractivity contribution >= 4 is 29.4 Å². The Balaban J connectivity index is 1.81. The fraction of sp³-hybridized carbons (Fsp3) is 0.333. The van der Waals surface area contributed by atoms with Crippen molar-refractivity contribution < 1.29 is 51.5 Å². The zero-order valence-corrected chi connectivity index (χ0v) is 19.4. The molecule has 194 valence electrons. The first-order valence-electron chi connectivity index (χ1n) is 10.0. The van der Waals surface area contributed by atoms with E-state index in [0.29, 0.717) is 6.07 Å². The highest BCUT2D eigenvalue weighted by molar-refractivity contribution is 6.32. The average Bonchev–Trinajstić information content (AvgIpc) is 3.25. The highest BCUT2D eigenvalue weighted by Gasteiger charge is 2.37. The van der Waals surface area contributed by atoms with Gasteiger partial charge in [-0.3, -0.25) is 15.0 Å². The van der Waals surface area contributed by atoms with Crippen molar-refractivity contribution in [1.29, 1.82) is 0 Å². The van der Waals surface area contributed by atoms with Crippen LogP contribution in [0.25, 0.3) is 0 Å². The van der Waals surface area contributed by atoms with Gasteiger partial charge in [0.15, 0.2) is 12.2 Å². The highest BCUT2D eigenvalue weighted by Crippen LogP contribution is 2.37. The number of halogens is 4. The smallest absolute Gasteiger partial charge is 0.434 e. The third-order valence-corrected chi connectivity index (χ3v) is 5.19. The Bertz CT molecular complexity index is 1160. The van der Waals surface area contributed by atoms with E-state index in [1.54, 1.807) is 0 Å². The van der Waals surface area contributed by atoms with Gasteiger partial charge in [0.2, 0.25) is 0 Å². The van der Waals surface area contributed by atoms with E-state index in [1.807, 2.05) is 0 Å². The van der Waals surface area contributed by atoms with Gasteiger partial charge >= 0.3 is 18.2 Å². The van der Waals surface area contributed by atoms with Crippen molar-refractivity contribution in [3.8, 4) is 11.5 Å². The second kappa shape index (κ2) is 11.0. The number of benzene rings is 2. The minimum Gasteiger partial charge on any atom is -0.456 e. The molecule has 1 aliphatic heterocycles. The molecule has 0 aromatic heterocycles. The number of alkyl halides is 3. The summed E-state index contributed by atoms with van der Waals surface area (Å²) in [5.74, 6) is -1.47. The molecule has 0 spiro atoms. The molecule has 36 heavy (non-hydrogen) atoms. The average molecular weight is 535 g/mol. The lowest BCUT2D eigenvalue weighted by atomic mass is 10.1. The predicted molar refractivity (Wildman–Crippen MR) is 115 cm³/mol. The lowest BCUT2D eigenvalue weighted by molar-refractivity contribution is -0.385. The topological polar surface area (TPSA) is 127 Å². The first-order chi connectivity index (χ1) is 16.9. The molecule has 1 amide bonds. The van der Waals surface area contributed by atoms with Crippen LogP contribution < -0.4 is 4.74 Å². The Morgan fingerprint density at radius 1 is 1.14 bits per heavy atom. The Morgan fingerprint density at radius 3 is 2.39 bits per heavy atom. The molecule has 0 N–H and O–H groups in total. The monoisotopic (exact) mass is 534 g/mol. The summed E-state index contributed by atoms with van der Waals surface area (Å²) in [5.41, 5.74) is -2.15. The number of amides is 1. The molecule has 0 bridgehead atoms. The number of nitrogens with zero attached hydrogens (tertiary/aromatic N) is 2. The molecule has 3 rings (SSSR count). The van der Waals surface area contributed by atoms with Crippen LogP contribution in [0.15, 0.2) is 36.4 Å². The van der Waals surface area contributed by atoms with E-state index in [4.69, 9.17) is 35.4 Å². The van der Waals surface area contributed by atoms with Gasteiger partial charge in [0.05, 0.1) is 35.8 Å². The number of esters is 1. The molecule has 2 unspecified atom stereocenters. The van der Waals surface area contributed by atoms with Gasteiger partial charge in [-0.2, -0.15) is 18.2 Å². The molecule has 1 fully saturated rings. The van der Waals surface area contributed by atoms with E-state index in [0.717, 1.165) is 35.4 Å². The Labute approximate surface area is 206 Å². The normalized spacial score (nSPS) is 17.4. The fourth-order valence-corrected chi connectivity index (χ4v) is 3.22. The van der Waals surface area contributed by atoms with Crippen molar-refractivity contribution in [1.82, 2.24) is 5.06 Å². The van der Waals surface area contributed by atoms with Crippen LogP contribution in [0, 0.1) is 10.1 Å². The Hall–Kier alpha value is -3.62. The minimum absolute atomic E-state index is 0.0983. The van der Waals surface area contributed by atoms with E-state index >= 15 is 0 Å². The third-order valence-electron chi connectivity index (χ3n) is 4.89. The van der Waals surface area contributed by atoms with Gasteiger partial charge in [-0.25, -0.2) is 9.59 Å². The second-order valence-electron chi connectivity index (χ2n) is 7.26. The van der Waals surface area contributed by atoms with Gasteiger partial charge in [-0.15, -0.1) is 0 Å². The molecular formula is C21H18ClF3N2O9. The lowest BCUT2D eigenvalue weighted by Crippen LogP contribution is -2.38. The number of rotatable bonds is 7. The van der Waals surface area contributed by atoms with Crippen molar-refractivity contribution in [2.45, 2.75) is 18.4 Å². The first kappa shape index (κ1) is 27.0. The van der Waals surface area contributed by atoms with Crippen molar-refractivity contribution in [3.05, 3.63) is 62.7 Å². The largest absolute Gasteiger partial charge is 0.456 e. The molecule has 11 nitrogen and oxygen atoms in total. The van der Waals surface area contributed by atoms with Crippen LogP contribution in [0.4, 0.5) is 23.7 Å². The van der Waals surface area contributed by atoms with E-state index in [9.17, 15) is 32.9 Å². The molecule has 0 radical (unpaired) electrons. The molecule has 1 heterocycles. The third kappa shape index (κ3) is 6.33. The number of carbonyl (C=O) groups is 2. The molecular weight excluding hydrogens is 517 g/mol. The fourth-order valence-electron chi connectivity index (χ4n) is 3.00. The summed E-state index contributed by atoms with van der Waals surface area (Å²) in [6, 6.07) is 5.43. The number of carbonyl (C=O) groups excluding carboxylic acids is 2. The number of hydrogen-bond acceptors (Lipinski definition) is 9. The Kier molecular flexibility index (Phi) is 8.22. The predicted octanol–water partition coefficient (Wildman–Crippen LogP) is 4.61. The van der Waals surface area contributed by atoms with Crippen LogP contribution in [-0.4, -0.2) is 61.6 Å². The zero-order valence-electron chi connectivity index (χ0n) is 18.6. The van der Waals surface area contributed by atoms with E-state index in [2.05, 4.69) is 0 Å². The molecule has 0 saturated carbocycles. The summed E-state index contributed by atoms with van der Waals surface area (Å²) in [6.45, 7) is -0.246. The van der Waals surface area contributed by atoms with Gasteiger partial charge in [-0.1, -0.05) is 11.6 Å². The van der Waals surface area contributed by atoms with Gasteiger partial charge in [-0.05, 0) is 24.3 Å². The van der Waals surface area contributed by atoms with Crippen LogP contribution >= 0.6 is 11.6 Å². The molecule has 1 saturated heterocycles. The van der Waals surface area contributed by atoms with E-state index < -0.39 is 52.2 Å². The van der Waals surface area contributed by atoms with Crippen LogP contribution in [0.1, 0.15) is 15.9 Å². The van der Waals surface area contributed by atoms with E-state index in [-0.39, 0.29) is 29.7 Å². The second-order valence-corrected chi connectivity index (χ2v) is 7.67. The maximum absolute atomic E-state index is 12.9. The maximum Gasteiger partial charge on any atom is 0.434 e. The standard InChI is InChI=1S/C21H18ClF3N2O9/c1-26(32-2)20(29)36-18-10-33-9-17(18)35-19(28)13-8-12(4-5-15(13)27(30)31)34-16-6-3-11(7-14(16)22)21(23,24)25/h3-8,17-18H,9-10H2,1-2H3. The summed E-state index contributed by atoms with van der Waals surface area (Å²) in [5, 5.41) is 11.9. The van der Waals surface area contributed by atoms with Gasteiger partial charge in [0.25, 0.3) is 5.69 Å². The van der Waals surface area contributed by atoms with Crippen LogP contribution in [-0.2, 0) is 25.2 Å². The summed E-state index contributed by atoms with van der Waals surface area (Å²) < 4.78 is 59.6. The summed E-state index contributed by atoms with van der Waals surface area (Å²) in [6.07, 6.45) is -7.60. The number of hydrogen-bond donors (Lipinski definition) is 0. The summed E-state index contributed by atoms with van der Waals surface area (Å²) >= 11 is 5.88. The number of ether oxygens (including phenoxy) is 4. The van der Waals surface area contributed by atoms with Crippen molar-refractivity contribution in [2.75, 3.05) is 27.4 Å². The van der Waals surface area contributed by atoms with Gasteiger partial charge in [0.1, 0.15) is 17.1 Å². The SMILES string of the molecule is CON(C)C(=O)OC1COCC1OC(=O)c1cc(Oc2ccc(C(F)(F)F)cc2Cl)ccc1[N+](=O)[O-]. The van der Waals surface area contributed by atoms with Crippen LogP contribution in [0.3, 0.4) is 0 Å². The molecule has 1 aliphatic rings. The number of nitro groups is 1. The van der Waals surface area contributed by atoms with Crippen LogP contribution in [0.2, 0.25) is 5.02 Å². The van der Waals surface area contributed by atoms with E-state index in [1.165, 1.54) is 14.2 Å². The lowest BCUT2D eigenvalue weighted by Gasteiger charge is -2.21. The van der Waals surface area contributed by atoms with Gasteiger partial charge < -0.3 is 18.9 Å². The molecule has 2 aromatic carbocycles. The number of hydroxylamine groups is 2. The maximum atomic E-state index is 12.9. The highest BCUT2D eigenvalue weighted by atomic mass is 35.5. The van der Waals surface area contributed by atoms with Crippen molar-refractivity contribution in [3.63, 3.8) is 0 Å². The van der Waals surface area contributed by atoms with Crippen LogP contribution in [0.5, 0.6) is 11.5 Å². The summed E-state index contributed by atoms with van der Waals surface area (Å²) in [4.78, 5) is 40.0. The first-order valence-corrected chi connectivity index (χ1v) is 10.4. The summed E-state index contributed by atoms with van der Waals surface area (Å²) in [7, 11) is 2.52. The van der Waals surface area contributed by atoms with Crippen molar-refractivity contribution in [2.24, 2.45) is 0 Å². The minimum atomic E-state index is -4.62. The Morgan fingerprint density at radius 2 is 1.81 bits per heavy atom. The zero-order chi connectivity index (χ0) is 26.6. The molecule has 0 aliphatic carbocycles. The number of nitro benzene ring substituents is 1. The quantitative estimate of drug-likeness (QED) is 0.284. The molecule has 15 heteroatoms. The molecule has 2 atom stereocenters. The van der Waals surface area contributed by atoms with Gasteiger partial charge in [0, 0.05) is 19.2 Å². The molecule has 2 aromatic rings.